The van der Waals surface area contributed by atoms with Crippen molar-refractivity contribution in [3.8, 4) is 0 Å². The van der Waals surface area contributed by atoms with E-state index in [-0.39, 0.29) is 6.61 Å². The second kappa shape index (κ2) is 3.88. The Morgan fingerprint density at radius 2 is 1.77 bits per heavy atom. The summed E-state index contributed by atoms with van der Waals surface area (Å²) < 4.78 is 13.4. The highest BCUT2D eigenvalue weighted by Gasteiger charge is 2.17. The summed E-state index contributed by atoms with van der Waals surface area (Å²) in [6.45, 7) is 3.21. The summed E-state index contributed by atoms with van der Waals surface area (Å²) >= 11 is 0. The van der Waals surface area contributed by atoms with Gasteiger partial charge in [-0.25, -0.2) is 4.39 Å². The normalized spacial score (nSPS) is 11.7. The molecule has 0 saturated carbocycles. The molecule has 1 aromatic rings. The lowest BCUT2D eigenvalue weighted by Gasteiger charge is -2.14. The summed E-state index contributed by atoms with van der Waals surface area (Å²) in [5.74, 6) is 0. The topological polar surface area (TPSA) is 20.2 Å². The molecule has 1 aromatic carbocycles. The molecule has 0 aliphatic rings. The lowest BCUT2D eigenvalue weighted by molar-refractivity contribution is 0.221. The lowest BCUT2D eigenvalue weighted by atomic mass is 9.98. The van der Waals surface area contributed by atoms with Gasteiger partial charge in [0.1, 0.15) is 5.67 Å². The molecule has 0 heterocycles. The van der Waals surface area contributed by atoms with Gasteiger partial charge in [-0.2, -0.15) is 0 Å². The average Bonchev–Trinajstić information content (AvgIpc) is 2.04. The molecule has 0 unspecified atom stereocenters. The third-order valence-corrected chi connectivity index (χ3v) is 2.04. The van der Waals surface area contributed by atoms with E-state index in [9.17, 15) is 4.39 Å². The first-order chi connectivity index (χ1) is 6.04. The minimum absolute atomic E-state index is 0.137. The first-order valence-corrected chi connectivity index (χ1v) is 4.43. The molecular formula is C11H15FO. The molecule has 1 rings (SSSR count). The monoisotopic (exact) mass is 182 g/mol. The Balaban J connectivity index is 2.81. The molecule has 0 atom stereocenters. The van der Waals surface area contributed by atoms with Crippen LogP contribution in [0.5, 0.6) is 0 Å². The number of aliphatic hydroxyl groups excluding tert-OH is 1. The van der Waals surface area contributed by atoms with Crippen molar-refractivity contribution in [2.24, 2.45) is 0 Å². The third kappa shape index (κ3) is 2.81. The summed E-state index contributed by atoms with van der Waals surface area (Å²) in [7, 11) is 0. The highest BCUT2D eigenvalue weighted by molar-refractivity contribution is 5.26. The van der Waals surface area contributed by atoms with E-state index in [0.717, 1.165) is 5.56 Å². The Bertz CT molecular complexity index is 258. The van der Waals surface area contributed by atoms with Crippen LogP contribution in [0.15, 0.2) is 24.3 Å². The molecule has 0 aliphatic heterocycles. The molecule has 0 radical (unpaired) electrons. The number of alkyl halides is 1. The Labute approximate surface area is 78.2 Å². The molecular weight excluding hydrogens is 167 g/mol. The van der Waals surface area contributed by atoms with Crippen molar-refractivity contribution in [3.63, 3.8) is 0 Å². The van der Waals surface area contributed by atoms with Gasteiger partial charge in [-0.3, -0.25) is 0 Å². The van der Waals surface area contributed by atoms with Gasteiger partial charge in [0.15, 0.2) is 0 Å². The van der Waals surface area contributed by atoms with Crippen LogP contribution >= 0.6 is 0 Å². The molecule has 0 fully saturated rings. The molecule has 0 saturated heterocycles. The molecule has 0 spiro atoms. The quantitative estimate of drug-likeness (QED) is 0.761. The van der Waals surface area contributed by atoms with Crippen LogP contribution in [0.4, 0.5) is 4.39 Å². The fraction of sp³-hybridized carbons (Fsp3) is 0.455. The second-order valence-electron chi connectivity index (χ2n) is 3.64. The highest BCUT2D eigenvalue weighted by atomic mass is 19.1. The van der Waals surface area contributed by atoms with Crippen LogP contribution < -0.4 is 0 Å². The Kier molecular flexibility index (Phi) is 3.04. The van der Waals surface area contributed by atoms with Gasteiger partial charge in [-0.15, -0.1) is 0 Å². The van der Waals surface area contributed by atoms with Gasteiger partial charge < -0.3 is 5.11 Å². The lowest BCUT2D eigenvalue weighted by Crippen LogP contribution is -2.08. The molecule has 0 aliphatic carbocycles. The van der Waals surface area contributed by atoms with Gasteiger partial charge in [0.05, 0.1) is 0 Å². The summed E-state index contributed by atoms with van der Waals surface area (Å²) in [6.07, 6.45) is 0.632. The van der Waals surface area contributed by atoms with Crippen LogP contribution in [0.2, 0.25) is 0 Å². The Hall–Kier alpha value is -0.890. The van der Waals surface area contributed by atoms with E-state index < -0.39 is 5.67 Å². The minimum atomic E-state index is -1.28. The van der Waals surface area contributed by atoms with Crippen molar-refractivity contribution in [1.82, 2.24) is 0 Å². The van der Waals surface area contributed by atoms with Gasteiger partial charge in [0, 0.05) is 6.61 Å². The Morgan fingerprint density at radius 3 is 2.15 bits per heavy atom. The molecule has 1 N–H and O–H groups in total. The molecule has 0 aromatic heterocycles. The SMILES string of the molecule is CC(C)(F)c1ccc(CCO)cc1. The van der Waals surface area contributed by atoms with Crippen LogP contribution in [0, 0.1) is 0 Å². The van der Waals surface area contributed by atoms with Crippen LogP contribution in [0.1, 0.15) is 25.0 Å². The maximum atomic E-state index is 13.4. The zero-order valence-electron chi connectivity index (χ0n) is 8.05. The van der Waals surface area contributed by atoms with Crippen molar-refractivity contribution in [3.05, 3.63) is 35.4 Å². The van der Waals surface area contributed by atoms with E-state index >= 15 is 0 Å². The number of hydrogen-bond acceptors (Lipinski definition) is 1. The van der Waals surface area contributed by atoms with E-state index in [1.807, 2.05) is 12.1 Å². The fourth-order valence-corrected chi connectivity index (χ4v) is 1.20. The van der Waals surface area contributed by atoms with Gasteiger partial charge in [0.25, 0.3) is 0 Å². The van der Waals surface area contributed by atoms with Crippen molar-refractivity contribution < 1.29 is 9.50 Å². The van der Waals surface area contributed by atoms with Gasteiger partial charge in [-0.05, 0) is 31.4 Å². The van der Waals surface area contributed by atoms with Crippen LogP contribution in [0.3, 0.4) is 0 Å². The van der Waals surface area contributed by atoms with Crippen LogP contribution in [-0.2, 0) is 12.1 Å². The predicted octanol–water partition coefficient (Wildman–Crippen LogP) is 2.43. The van der Waals surface area contributed by atoms with E-state index in [0.29, 0.717) is 12.0 Å². The van der Waals surface area contributed by atoms with Gasteiger partial charge in [-0.1, -0.05) is 24.3 Å². The van der Waals surface area contributed by atoms with Gasteiger partial charge >= 0.3 is 0 Å². The van der Waals surface area contributed by atoms with E-state index in [2.05, 4.69) is 0 Å². The summed E-state index contributed by atoms with van der Waals surface area (Å²) in [6, 6.07) is 7.25. The highest BCUT2D eigenvalue weighted by Crippen LogP contribution is 2.24. The van der Waals surface area contributed by atoms with Crippen molar-refractivity contribution in [2.75, 3.05) is 6.61 Å². The summed E-state index contributed by atoms with van der Waals surface area (Å²) in [5, 5.41) is 8.67. The average molecular weight is 182 g/mol. The smallest absolute Gasteiger partial charge is 0.130 e. The second-order valence-corrected chi connectivity index (χ2v) is 3.64. The zero-order valence-corrected chi connectivity index (χ0v) is 8.05. The number of hydrogen-bond donors (Lipinski definition) is 1. The fourth-order valence-electron chi connectivity index (χ4n) is 1.20. The molecule has 1 nitrogen and oxygen atoms in total. The van der Waals surface area contributed by atoms with Crippen molar-refractivity contribution in [2.45, 2.75) is 25.9 Å². The maximum Gasteiger partial charge on any atom is 0.130 e. The zero-order chi connectivity index (χ0) is 9.90. The van der Waals surface area contributed by atoms with E-state index in [1.54, 1.807) is 12.1 Å². The number of benzene rings is 1. The first-order valence-electron chi connectivity index (χ1n) is 4.43. The van der Waals surface area contributed by atoms with Gasteiger partial charge in [0.2, 0.25) is 0 Å². The minimum Gasteiger partial charge on any atom is -0.396 e. The molecule has 0 amide bonds. The molecule has 0 bridgehead atoms. The maximum absolute atomic E-state index is 13.4. The largest absolute Gasteiger partial charge is 0.396 e. The number of rotatable bonds is 3. The van der Waals surface area contributed by atoms with E-state index in [4.69, 9.17) is 5.11 Å². The standard InChI is InChI=1S/C11H15FO/c1-11(2,12)10-5-3-9(4-6-10)7-8-13/h3-6,13H,7-8H2,1-2H3. The van der Waals surface area contributed by atoms with E-state index in [1.165, 1.54) is 13.8 Å². The molecule has 2 heteroatoms. The summed E-state index contributed by atoms with van der Waals surface area (Å²) in [5.41, 5.74) is 0.433. The summed E-state index contributed by atoms with van der Waals surface area (Å²) in [4.78, 5) is 0. The van der Waals surface area contributed by atoms with Crippen LogP contribution in [-0.4, -0.2) is 11.7 Å². The first kappa shape index (κ1) is 10.2. The number of aliphatic hydroxyl groups is 1. The Morgan fingerprint density at radius 1 is 1.23 bits per heavy atom. The third-order valence-electron chi connectivity index (χ3n) is 2.04. The van der Waals surface area contributed by atoms with Crippen molar-refractivity contribution in [1.29, 1.82) is 0 Å². The predicted molar refractivity (Wildman–Crippen MR) is 51.4 cm³/mol. The number of halogens is 1. The molecule has 72 valence electrons. The van der Waals surface area contributed by atoms with Crippen molar-refractivity contribution >= 4 is 0 Å². The molecule has 13 heavy (non-hydrogen) atoms. The van der Waals surface area contributed by atoms with Crippen LogP contribution in [0.25, 0.3) is 0 Å².